The van der Waals surface area contributed by atoms with E-state index >= 15 is 0 Å². The van der Waals surface area contributed by atoms with Crippen LogP contribution in [0.15, 0.2) is 54.6 Å². The number of para-hydroxylation sites is 1. The van der Waals surface area contributed by atoms with Crippen molar-refractivity contribution >= 4 is 28.3 Å². The topological polar surface area (TPSA) is 75.3 Å². The molecule has 0 aromatic heterocycles. The average Bonchev–Trinajstić information content (AvgIpc) is 2.61. The second-order valence-electron chi connectivity index (χ2n) is 6.37. The van der Waals surface area contributed by atoms with Crippen LogP contribution in [0.4, 0.5) is 5.69 Å². The summed E-state index contributed by atoms with van der Waals surface area (Å²) in [5, 5.41) is 5.36. The smallest absolute Gasteiger partial charge is 0.313 e. The van der Waals surface area contributed by atoms with Crippen molar-refractivity contribution in [1.29, 1.82) is 0 Å². The maximum Gasteiger partial charge on any atom is 0.313 e. The van der Waals surface area contributed by atoms with Gasteiger partial charge in [-0.05, 0) is 23.1 Å². The Kier molecular flexibility index (Phi) is 7.09. The zero-order valence-electron chi connectivity index (χ0n) is 15.2. The Balaban J connectivity index is 2.12. The Morgan fingerprint density at radius 2 is 1.58 bits per heavy atom. The molecule has 0 fully saturated rings. The van der Waals surface area contributed by atoms with Gasteiger partial charge in [0.1, 0.15) is 0 Å². The number of anilines is 1. The molecule has 0 unspecified atom stereocenters. The Morgan fingerprint density at radius 3 is 2.19 bits per heavy atom. The predicted molar refractivity (Wildman–Crippen MR) is 105 cm³/mol. The van der Waals surface area contributed by atoms with Crippen LogP contribution in [-0.4, -0.2) is 28.0 Å². The summed E-state index contributed by atoms with van der Waals surface area (Å²) in [6.07, 6.45) is 1.57. The van der Waals surface area contributed by atoms with E-state index in [1.807, 2.05) is 62.4 Å². The quantitative estimate of drug-likeness (QED) is 0.766. The van der Waals surface area contributed by atoms with Gasteiger partial charge in [-0.1, -0.05) is 62.4 Å². The van der Waals surface area contributed by atoms with Crippen LogP contribution in [0.25, 0.3) is 0 Å². The largest absolute Gasteiger partial charge is 0.340 e. The fourth-order valence-corrected chi connectivity index (χ4v) is 3.40. The lowest BCUT2D eigenvalue weighted by atomic mass is 10.0. The van der Waals surface area contributed by atoms with Gasteiger partial charge in [0.05, 0.1) is 6.04 Å². The molecular weight excluding hydrogens is 348 g/mol. The van der Waals surface area contributed by atoms with E-state index in [2.05, 4.69) is 10.6 Å². The van der Waals surface area contributed by atoms with Gasteiger partial charge in [-0.15, -0.1) is 0 Å². The highest BCUT2D eigenvalue weighted by atomic mass is 32.2. The first-order valence-corrected chi connectivity index (χ1v) is 10.2. The van der Waals surface area contributed by atoms with Gasteiger partial charge in [0, 0.05) is 28.5 Å². The first kappa shape index (κ1) is 19.8. The summed E-state index contributed by atoms with van der Waals surface area (Å²) in [5.74, 6) is -1.02. The molecule has 0 saturated carbocycles. The fourth-order valence-electron chi connectivity index (χ4n) is 2.66. The average molecular weight is 372 g/mol. The molecule has 0 saturated heterocycles. The number of hydrogen-bond donors (Lipinski definition) is 2. The van der Waals surface area contributed by atoms with Crippen LogP contribution < -0.4 is 10.6 Å². The lowest BCUT2D eigenvalue weighted by Gasteiger charge is -2.18. The van der Waals surface area contributed by atoms with Crippen molar-refractivity contribution < 1.29 is 13.8 Å². The van der Waals surface area contributed by atoms with Gasteiger partial charge in [-0.2, -0.15) is 0 Å². The Labute approximate surface area is 156 Å². The van der Waals surface area contributed by atoms with Crippen molar-refractivity contribution in [1.82, 2.24) is 5.32 Å². The van der Waals surface area contributed by atoms with E-state index in [9.17, 15) is 13.8 Å². The molecule has 0 aliphatic heterocycles. The van der Waals surface area contributed by atoms with Gasteiger partial charge in [0.25, 0.3) is 0 Å². The second-order valence-corrected chi connectivity index (χ2v) is 7.85. The molecule has 26 heavy (non-hydrogen) atoms. The molecule has 2 atom stereocenters. The molecule has 2 aromatic carbocycles. The summed E-state index contributed by atoms with van der Waals surface area (Å²) in [7, 11) is -1.12. The molecule has 0 heterocycles. The van der Waals surface area contributed by atoms with Crippen LogP contribution in [-0.2, 0) is 20.4 Å². The summed E-state index contributed by atoms with van der Waals surface area (Å²) in [5.41, 5.74) is 2.40. The molecule has 2 aromatic rings. The van der Waals surface area contributed by atoms with E-state index < -0.39 is 28.7 Å². The standard InChI is InChI=1S/C20H24N2O3S/c1-14(2)16-11-7-8-12-17(16)21-19(23)20(24)22-18(13-26(3)25)15-9-5-4-6-10-15/h4-12,14,18H,13H2,1-3H3,(H,21,23)(H,22,24)/t18-,26+/m1/s1. The van der Waals surface area contributed by atoms with Crippen molar-refractivity contribution in [2.45, 2.75) is 25.8 Å². The highest BCUT2D eigenvalue weighted by Gasteiger charge is 2.22. The van der Waals surface area contributed by atoms with Gasteiger partial charge < -0.3 is 10.6 Å². The van der Waals surface area contributed by atoms with Crippen molar-refractivity contribution in [2.75, 3.05) is 17.3 Å². The molecule has 2 N–H and O–H groups in total. The highest BCUT2D eigenvalue weighted by Crippen LogP contribution is 2.23. The summed E-state index contributed by atoms with van der Waals surface area (Å²) in [6.45, 7) is 4.04. The number of hydrogen-bond acceptors (Lipinski definition) is 3. The summed E-state index contributed by atoms with van der Waals surface area (Å²) >= 11 is 0. The SMILES string of the molecule is CC(C)c1ccccc1NC(=O)C(=O)N[C@H](C[S@](C)=O)c1ccccc1. The minimum atomic E-state index is -1.12. The molecule has 0 aliphatic rings. The van der Waals surface area contributed by atoms with Crippen molar-refractivity contribution in [2.24, 2.45) is 0 Å². The summed E-state index contributed by atoms with van der Waals surface area (Å²) in [6, 6.07) is 16.1. The first-order chi connectivity index (χ1) is 12.4. The van der Waals surface area contributed by atoms with E-state index in [0.717, 1.165) is 11.1 Å². The third-order valence-corrected chi connectivity index (χ3v) is 4.75. The molecule has 0 radical (unpaired) electrons. The molecule has 0 bridgehead atoms. The van der Waals surface area contributed by atoms with Crippen molar-refractivity contribution in [3.63, 3.8) is 0 Å². The maximum atomic E-state index is 12.4. The first-order valence-electron chi connectivity index (χ1n) is 8.44. The lowest BCUT2D eigenvalue weighted by molar-refractivity contribution is -0.136. The number of nitrogens with one attached hydrogen (secondary N) is 2. The van der Waals surface area contributed by atoms with E-state index in [1.165, 1.54) is 0 Å². The number of carbonyl (C=O) groups is 2. The number of benzene rings is 2. The highest BCUT2D eigenvalue weighted by molar-refractivity contribution is 7.84. The molecule has 2 rings (SSSR count). The Hall–Kier alpha value is -2.47. The summed E-state index contributed by atoms with van der Waals surface area (Å²) in [4.78, 5) is 24.7. The zero-order chi connectivity index (χ0) is 19.1. The van der Waals surface area contributed by atoms with Gasteiger partial charge in [-0.25, -0.2) is 0 Å². The molecule has 138 valence electrons. The lowest BCUT2D eigenvalue weighted by Crippen LogP contribution is -2.39. The molecule has 0 spiro atoms. The number of rotatable bonds is 6. The van der Waals surface area contributed by atoms with Gasteiger partial charge in [0.15, 0.2) is 0 Å². The van der Waals surface area contributed by atoms with Gasteiger partial charge in [0.2, 0.25) is 0 Å². The van der Waals surface area contributed by atoms with Crippen LogP contribution in [0.1, 0.15) is 36.9 Å². The number of carbonyl (C=O) groups excluding carboxylic acids is 2. The second kappa shape index (κ2) is 9.29. The predicted octanol–water partition coefficient (Wildman–Crippen LogP) is 2.98. The van der Waals surface area contributed by atoms with Crippen molar-refractivity contribution in [3.8, 4) is 0 Å². The van der Waals surface area contributed by atoms with E-state index in [4.69, 9.17) is 0 Å². The molecule has 2 amide bonds. The minimum absolute atomic E-state index is 0.217. The van der Waals surface area contributed by atoms with Gasteiger partial charge in [-0.3, -0.25) is 13.8 Å². The monoisotopic (exact) mass is 372 g/mol. The Bertz CT molecular complexity index is 791. The third-order valence-electron chi connectivity index (χ3n) is 3.95. The molecule has 0 aliphatic carbocycles. The maximum absolute atomic E-state index is 12.4. The molecule has 6 heteroatoms. The third kappa shape index (κ3) is 5.52. The molecular formula is C20H24N2O3S. The Morgan fingerprint density at radius 1 is 0.962 bits per heavy atom. The normalized spacial score (nSPS) is 13.1. The number of amides is 2. The van der Waals surface area contributed by atoms with Crippen LogP contribution in [0.5, 0.6) is 0 Å². The molecule has 5 nitrogen and oxygen atoms in total. The van der Waals surface area contributed by atoms with Crippen LogP contribution in [0.3, 0.4) is 0 Å². The van der Waals surface area contributed by atoms with E-state index in [1.54, 1.807) is 12.3 Å². The summed E-state index contributed by atoms with van der Waals surface area (Å²) < 4.78 is 11.6. The van der Waals surface area contributed by atoms with E-state index in [-0.39, 0.29) is 11.7 Å². The van der Waals surface area contributed by atoms with Crippen LogP contribution in [0.2, 0.25) is 0 Å². The van der Waals surface area contributed by atoms with Crippen molar-refractivity contribution in [3.05, 3.63) is 65.7 Å². The van der Waals surface area contributed by atoms with E-state index in [0.29, 0.717) is 5.69 Å². The zero-order valence-corrected chi connectivity index (χ0v) is 16.0. The minimum Gasteiger partial charge on any atom is -0.340 e. The van der Waals surface area contributed by atoms with Crippen LogP contribution in [0, 0.1) is 0 Å². The van der Waals surface area contributed by atoms with Gasteiger partial charge >= 0.3 is 11.8 Å². The fraction of sp³-hybridized carbons (Fsp3) is 0.300. The van der Waals surface area contributed by atoms with Crippen LogP contribution >= 0.6 is 0 Å².